The Labute approximate surface area is 82.2 Å². The third kappa shape index (κ3) is 1.37. The molecule has 0 saturated carbocycles. The van der Waals surface area contributed by atoms with E-state index in [0.717, 1.165) is 12.1 Å². The Morgan fingerprint density at radius 3 is 3.07 bits per heavy atom. The van der Waals surface area contributed by atoms with Crippen LogP contribution in [0.25, 0.3) is 0 Å². The number of amides is 1. The summed E-state index contributed by atoms with van der Waals surface area (Å²) < 4.78 is 0. The fraction of sp³-hybridized carbons (Fsp3) is 0.400. The molecule has 14 heavy (non-hydrogen) atoms. The molecule has 1 amide bonds. The number of aromatic nitrogens is 1. The lowest BCUT2D eigenvalue weighted by Gasteiger charge is -2.24. The standard InChI is InChI=1S/C10H12N2O2/c1-12-5-4-9-8(10(12)14)3-2-7(6-13)11-9/h2-3,13H,4-6H2,1H3. The first-order valence-corrected chi connectivity index (χ1v) is 4.57. The number of fused-ring (bicyclic) bond motifs is 1. The fourth-order valence-corrected chi connectivity index (χ4v) is 1.60. The number of pyridine rings is 1. The molecule has 1 aliphatic rings. The quantitative estimate of drug-likeness (QED) is 0.691. The van der Waals surface area contributed by atoms with Crippen LogP contribution >= 0.6 is 0 Å². The van der Waals surface area contributed by atoms with Gasteiger partial charge in [0.1, 0.15) is 0 Å². The fourth-order valence-electron chi connectivity index (χ4n) is 1.60. The highest BCUT2D eigenvalue weighted by atomic mass is 16.3. The van der Waals surface area contributed by atoms with E-state index in [4.69, 9.17) is 5.11 Å². The number of rotatable bonds is 1. The van der Waals surface area contributed by atoms with Gasteiger partial charge in [-0.1, -0.05) is 0 Å². The average Bonchev–Trinajstić information content (AvgIpc) is 2.23. The first-order chi connectivity index (χ1) is 6.72. The van der Waals surface area contributed by atoms with E-state index in [0.29, 0.717) is 17.8 Å². The molecule has 1 aliphatic heterocycles. The number of nitrogens with zero attached hydrogens (tertiary/aromatic N) is 2. The van der Waals surface area contributed by atoms with Crippen molar-refractivity contribution in [2.75, 3.05) is 13.6 Å². The third-order valence-electron chi connectivity index (χ3n) is 2.45. The summed E-state index contributed by atoms with van der Waals surface area (Å²) in [6.45, 7) is 0.630. The second-order valence-corrected chi connectivity index (χ2v) is 3.43. The van der Waals surface area contributed by atoms with Crippen molar-refractivity contribution in [3.05, 3.63) is 29.1 Å². The number of aliphatic hydroxyl groups excluding tert-OH is 1. The second-order valence-electron chi connectivity index (χ2n) is 3.43. The number of hydrogen-bond acceptors (Lipinski definition) is 3. The van der Waals surface area contributed by atoms with Gasteiger partial charge in [0.2, 0.25) is 0 Å². The van der Waals surface area contributed by atoms with E-state index in [-0.39, 0.29) is 12.5 Å². The normalized spacial score (nSPS) is 15.6. The van der Waals surface area contributed by atoms with Crippen molar-refractivity contribution in [3.63, 3.8) is 0 Å². The topological polar surface area (TPSA) is 53.4 Å². The lowest BCUT2D eigenvalue weighted by Crippen LogP contribution is -2.34. The van der Waals surface area contributed by atoms with Gasteiger partial charge in [-0.25, -0.2) is 0 Å². The van der Waals surface area contributed by atoms with Crippen LogP contribution in [0, 0.1) is 0 Å². The molecule has 0 bridgehead atoms. The average molecular weight is 192 g/mol. The maximum absolute atomic E-state index is 11.6. The molecule has 1 aromatic rings. The van der Waals surface area contributed by atoms with Crippen molar-refractivity contribution < 1.29 is 9.90 Å². The summed E-state index contributed by atoms with van der Waals surface area (Å²) in [5.74, 6) is 0.0169. The molecule has 1 N–H and O–H groups in total. The van der Waals surface area contributed by atoms with E-state index in [1.54, 1.807) is 24.1 Å². The van der Waals surface area contributed by atoms with Crippen molar-refractivity contribution in [3.8, 4) is 0 Å². The van der Waals surface area contributed by atoms with Crippen LogP contribution in [-0.4, -0.2) is 34.5 Å². The minimum Gasteiger partial charge on any atom is -0.390 e. The van der Waals surface area contributed by atoms with Gasteiger partial charge in [0.25, 0.3) is 5.91 Å². The van der Waals surface area contributed by atoms with Gasteiger partial charge in [-0.05, 0) is 12.1 Å². The summed E-state index contributed by atoms with van der Waals surface area (Å²) in [5, 5.41) is 8.90. The zero-order chi connectivity index (χ0) is 10.1. The monoisotopic (exact) mass is 192 g/mol. The van der Waals surface area contributed by atoms with Gasteiger partial charge < -0.3 is 10.0 Å². The van der Waals surface area contributed by atoms with Gasteiger partial charge >= 0.3 is 0 Å². The molecular formula is C10H12N2O2. The van der Waals surface area contributed by atoms with Crippen molar-refractivity contribution >= 4 is 5.91 Å². The van der Waals surface area contributed by atoms with E-state index >= 15 is 0 Å². The molecular weight excluding hydrogens is 180 g/mol. The largest absolute Gasteiger partial charge is 0.390 e. The summed E-state index contributed by atoms with van der Waals surface area (Å²) in [6, 6.07) is 3.43. The molecule has 0 aromatic carbocycles. The van der Waals surface area contributed by atoms with Gasteiger partial charge in [0, 0.05) is 20.0 Å². The number of likely N-dealkylation sites (N-methyl/N-ethyl adjacent to an activating group) is 1. The molecule has 0 fully saturated rings. The summed E-state index contributed by atoms with van der Waals surface area (Å²) >= 11 is 0. The van der Waals surface area contributed by atoms with E-state index < -0.39 is 0 Å². The summed E-state index contributed by atoms with van der Waals surface area (Å²) in [4.78, 5) is 17.5. The Balaban J connectivity index is 2.44. The van der Waals surface area contributed by atoms with Gasteiger partial charge in [-0.15, -0.1) is 0 Å². The van der Waals surface area contributed by atoms with Crippen molar-refractivity contribution in [1.82, 2.24) is 9.88 Å². The molecule has 74 valence electrons. The molecule has 2 heterocycles. The van der Waals surface area contributed by atoms with Gasteiger partial charge in [0.15, 0.2) is 0 Å². The van der Waals surface area contributed by atoms with Gasteiger partial charge in [0.05, 0.1) is 23.6 Å². The minimum absolute atomic E-state index is 0.0169. The molecule has 4 nitrogen and oxygen atoms in total. The van der Waals surface area contributed by atoms with Crippen molar-refractivity contribution in [1.29, 1.82) is 0 Å². The Kier molecular flexibility index (Phi) is 2.21. The summed E-state index contributed by atoms with van der Waals surface area (Å²) in [5.41, 5.74) is 2.09. The maximum atomic E-state index is 11.6. The van der Waals surface area contributed by atoms with E-state index in [2.05, 4.69) is 4.98 Å². The zero-order valence-electron chi connectivity index (χ0n) is 8.03. The molecule has 4 heteroatoms. The van der Waals surface area contributed by atoms with Gasteiger partial charge in [-0.2, -0.15) is 0 Å². The van der Waals surface area contributed by atoms with Crippen LogP contribution in [-0.2, 0) is 13.0 Å². The smallest absolute Gasteiger partial charge is 0.255 e. The van der Waals surface area contributed by atoms with E-state index in [1.807, 2.05) is 0 Å². The molecule has 0 spiro atoms. The first-order valence-electron chi connectivity index (χ1n) is 4.57. The highest BCUT2D eigenvalue weighted by Gasteiger charge is 2.22. The highest BCUT2D eigenvalue weighted by molar-refractivity contribution is 5.96. The molecule has 0 radical (unpaired) electrons. The van der Waals surface area contributed by atoms with Crippen LogP contribution in [0.15, 0.2) is 12.1 Å². The lowest BCUT2D eigenvalue weighted by atomic mass is 10.0. The Bertz CT molecular complexity index is 376. The first kappa shape index (κ1) is 9.15. The van der Waals surface area contributed by atoms with Crippen LogP contribution in [0.4, 0.5) is 0 Å². The predicted molar refractivity (Wildman–Crippen MR) is 50.8 cm³/mol. The van der Waals surface area contributed by atoms with Crippen LogP contribution in [0.5, 0.6) is 0 Å². The molecule has 0 saturated heterocycles. The molecule has 1 aromatic heterocycles. The van der Waals surface area contributed by atoms with Crippen molar-refractivity contribution in [2.45, 2.75) is 13.0 Å². The second kappa shape index (κ2) is 3.38. The molecule has 0 atom stereocenters. The number of hydrogen-bond donors (Lipinski definition) is 1. The Morgan fingerprint density at radius 1 is 1.57 bits per heavy atom. The zero-order valence-corrected chi connectivity index (χ0v) is 8.03. The number of carbonyl (C=O) groups excluding carboxylic acids is 1. The molecule has 2 rings (SSSR count). The maximum Gasteiger partial charge on any atom is 0.255 e. The highest BCUT2D eigenvalue weighted by Crippen LogP contribution is 2.16. The van der Waals surface area contributed by atoms with Crippen LogP contribution < -0.4 is 0 Å². The van der Waals surface area contributed by atoms with E-state index in [1.165, 1.54) is 0 Å². The third-order valence-corrected chi connectivity index (χ3v) is 2.45. The predicted octanol–water partition coefficient (Wildman–Crippen LogP) is 0.202. The SMILES string of the molecule is CN1CCc2nc(CO)ccc2C1=O. The van der Waals surface area contributed by atoms with Crippen molar-refractivity contribution in [2.24, 2.45) is 0 Å². The molecule has 0 unspecified atom stereocenters. The van der Waals surface area contributed by atoms with E-state index in [9.17, 15) is 4.79 Å². The number of aliphatic hydroxyl groups is 1. The van der Waals surface area contributed by atoms with Crippen LogP contribution in [0.2, 0.25) is 0 Å². The lowest BCUT2D eigenvalue weighted by molar-refractivity contribution is 0.0779. The minimum atomic E-state index is -0.0721. The Morgan fingerprint density at radius 2 is 2.36 bits per heavy atom. The summed E-state index contributed by atoms with van der Waals surface area (Å²) in [7, 11) is 1.78. The number of carbonyl (C=O) groups is 1. The van der Waals surface area contributed by atoms with Gasteiger partial charge in [-0.3, -0.25) is 9.78 Å². The summed E-state index contributed by atoms with van der Waals surface area (Å²) in [6.07, 6.45) is 0.769. The van der Waals surface area contributed by atoms with Crippen LogP contribution in [0.3, 0.4) is 0 Å². The molecule has 0 aliphatic carbocycles. The Hall–Kier alpha value is -1.42. The van der Waals surface area contributed by atoms with Crippen LogP contribution in [0.1, 0.15) is 21.7 Å².